The summed E-state index contributed by atoms with van der Waals surface area (Å²) in [6.07, 6.45) is 2.31. The van der Waals surface area contributed by atoms with Crippen LogP contribution in [0.1, 0.15) is 36.0 Å². The predicted octanol–water partition coefficient (Wildman–Crippen LogP) is 0.226. The van der Waals surface area contributed by atoms with Crippen LogP contribution in [0.2, 0.25) is 0 Å². The molecule has 0 aromatic heterocycles. The van der Waals surface area contributed by atoms with Crippen molar-refractivity contribution in [3.63, 3.8) is 0 Å². The lowest BCUT2D eigenvalue weighted by Gasteiger charge is -2.25. The second-order valence-electron chi connectivity index (χ2n) is 5.18. The first-order chi connectivity index (χ1) is 9.88. The maximum absolute atomic E-state index is 12.1. The summed E-state index contributed by atoms with van der Waals surface area (Å²) in [5.41, 5.74) is 8.17. The molecule has 1 aliphatic carbocycles. The molecule has 0 heterocycles. The number of sulfonamides is 1. The van der Waals surface area contributed by atoms with Crippen molar-refractivity contribution < 1.29 is 18.3 Å². The molecule has 1 aliphatic rings. The van der Waals surface area contributed by atoms with Crippen LogP contribution >= 0.6 is 0 Å². The van der Waals surface area contributed by atoms with Crippen molar-refractivity contribution in [3.8, 4) is 5.75 Å². The van der Waals surface area contributed by atoms with Crippen LogP contribution in [0, 0.1) is 0 Å². The van der Waals surface area contributed by atoms with E-state index >= 15 is 0 Å². The van der Waals surface area contributed by atoms with Crippen LogP contribution in [-0.2, 0) is 10.0 Å². The Morgan fingerprint density at radius 2 is 1.71 bits per heavy atom. The highest BCUT2D eigenvalue weighted by atomic mass is 32.2. The molecule has 1 aromatic rings. The maximum Gasteiger partial charge on any atom is 0.266 e. The fourth-order valence-electron chi connectivity index (χ4n) is 2.28. The molecular weight excluding hydrogens is 294 g/mol. The molecule has 0 unspecified atom stereocenters. The normalized spacial score (nSPS) is 22.7. The lowest BCUT2D eigenvalue weighted by molar-refractivity contribution is 0.0945. The minimum absolute atomic E-state index is 0.0330. The van der Waals surface area contributed by atoms with Crippen LogP contribution in [0.15, 0.2) is 24.3 Å². The Kier molecular flexibility index (Phi) is 4.81. The number of phenolic OH excluding ortho intramolecular Hbond substituents is 1. The van der Waals surface area contributed by atoms with E-state index in [4.69, 9.17) is 10.8 Å². The van der Waals surface area contributed by atoms with Crippen molar-refractivity contribution in [3.05, 3.63) is 29.8 Å². The van der Waals surface area contributed by atoms with Crippen molar-refractivity contribution in [2.24, 2.45) is 5.73 Å². The average Bonchev–Trinajstić information content (AvgIpc) is 2.46. The third-order valence-corrected chi connectivity index (χ3v) is 5.33. The zero-order valence-corrected chi connectivity index (χ0v) is 12.3. The SMILES string of the molecule is NC1CCC(S(=O)(=O)NNC(=O)c2ccc(O)cc2)CC1. The number of nitrogens with two attached hydrogens (primary N) is 1. The van der Waals surface area contributed by atoms with Gasteiger partial charge in [-0.3, -0.25) is 10.2 Å². The summed E-state index contributed by atoms with van der Waals surface area (Å²) in [6.45, 7) is 0. The van der Waals surface area contributed by atoms with E-state index in [-0.39, 0.29) is 17.4 Å². The molecule has 1 saturated carbocycles. The Labute approximate surface area is 123 Å². The van der Waals surface area contributed by atoms with Crippen molar-refractivity contribution in [2.75, 3.05) is 0 Å². The van der Waals surface area contributed by atoms with Gasteiger partial charge in [-0.1, -0.05) is 0 Å². The first-order valence-electron chi connectivity index (χ1n) is 6.74. The first kappa shape index (κ1) is 15.7. The molecule has 7 nitrogen and oxygen atoms in total. The van der Waals surface area contributed by atoms with Gasteiger partial charge in [0, 0.05) is 11.6 Å². The van der Waals surface area contributed by atoms with Gasteiger partial charge in [0.2, 0.25) is 10.0 Å². The number of carbonyl (C=O) groups is 1. The van der Waals surface area contributed by atoms with E-state index in [1.54, 1.807) is 0 Å². The number of hydrogen-bond donors (Lipinski definition) is 4. The summed E-state index contributed by atoms with van der Waals surface area (Å²) in [5, 5.41) is 8.61. The highest BCUT2D eigenvalue weighted by Gasteiger charge is 2.29. The summed E-state index contributed by atoms with van der Waals surface area (Å²) < 4.78 is 24.2. The average molecular weight is 313 g/mol. The monoisotopic (exact) mass is 313 g/mol. The number of nitrogens with one attached hydrogen (secondary N) is 2. The molecule has 0 bridgehead atoms. The number of aromatic hydroxyl groups is 1. The number of phenols is 1. The van der Waals surface area contributed by atoms with Crippen LogP contribution in [0.3, 0.4) is 0 Å². The maximum atomic E-state index is 12.1. The van der Waals surface area contributed by atoms with Gasteiger partial charge in [-0.2, -0.15) is 0 Å². The molecule has 1 amide bonds. The number of carbonyl (C=O) groups excluding carboxylic acids is 1. The zero-order valence-electron chi connectivity index (χ0n) is 11.5. The molecule has 0 aliphatic heterocycles. The minimum atomic E-state index is -3.60. The highest BCUT2D eigenvalue weighted by Crippen LogP contribution is 2.22. The van der Waals surface area contributed by atoms with E-state index in [1.165, 1.54) is 24.3 Å². The van der Waals surface area contributed by atoms with E-state index in [0.717, 1.165) is 0 Å². The molecule has 0 atom stereocenters. The number of amides is 1. The number of hydrogen-bond acceptors (Lipinski definition) is 5. The van der Waals surface area contributed by atoms with Crippen LogP contribution in [0.5, 0.6) is 5.75 Å². The Morgan fingerprint density at radius 3 is 2.29 bits per heavy atom. The van der Waals surface area contributed by atoms with Gasteiger partial charge in [0.05, 0.1) is 5.25 Å². The number of hydrazine groups is 1. The summed E-state index contributed by atoms with van der Waals surface area (Å²) in [6, 6.07) is 5.57. The summed E-state index contributed by atoms with van der Waals surface area (Å²) in [5.74, 6) is -0.545. The molecule has 0 saturated heterocycles. The van der Waals surface area contributed by atoms with Crippen molar-refractivity contribution in [1.29, 1.82) is 0 Å². The molecule has 21 heavy (non-hydrogen) atoms. The number of rotatable bonds is 4. The summed E-state index contributed by atoms with van der Waals surface area (Å²) in [7, 11) is -3.60. The van der Waals surface area contributed by atoms with Crippen molar-refractivity contribution in [2.45, 2.75) is 37.0 Å². The van der Waals surface area contributed by atoms with Gasteiger partial charge in [-0.15, -0.1) is 4.83 Å². The van der Waals surface area contributed by atoms with E-state index in [2.05, 4.69) is 10.3 Å². The molecule has 1 fully saturated rings. The Balaban J connectivity index is 1.92. The molecule has 0 spiro atoms. The quantitative estimate of drug-likeness (QED) is 0.593. The first-order valence-corrected chi connectivity index (χ1v) is 8.28. The van der Waals surface area contributed by atoms with Gasteiger partial charge in [-0.05, 0) is 49.9 Å². The summed E-state index contributed by atoms with van der Waals surface area (Å²) in [4.78, 5) is 13.9. The molecule has 2 rings (SSSR count). The number of benzene rings is 1. The Hall–Kier alpha value is -1.64. The van der Waals surface area contributed by atoms with E-state index in [1.807, 2.05) is 0 Å². The second kappa shape index (κ2) is 6.42. The van der Waals surface area contributed by atoms with Crippen molar-refractivity contribution >= 4 is 15.9 Å². The van der Waals surface area contributed by atoms with Crippen molar-refractivity contribution in [1.82, 2.24) is 10.3 Å². The van der Waals surface area contributed by atoms with Gasteiger partial charge in [0.1, 0.15) is 5.75 Å². The largest absolute Gasteiger partial charge is 0.508 e. The van der Waals surface area contributed by atoms with Crippen LogP contribution in [0.25, 0.3) is 0 Å². The van der Waals surface area contributed by atoms with Crippen LogP contribution in [-0.4, -0.2) is 30.7 Å². The van der Waals surface area contributed by atoms with Gasteiger partial charge in [0.15, 0.2) is 0 Å². The van der Waals surface area contributed by atoms with Crippen LogP contribution in [0.4, 0.5) is 0 Å². The molecule has 1 aromatic carbocycles. The van der Waals surface area contributed by atoms with Gasteiger partial charge in [0.25, 0.3) is 5.91 Å². The van der Waals surface area contributed by atoms with Gasteiger partial charge < -0.3 is 10.8 Å². The fourth-order valence-corrected chi connectivity index (χ4v) is 3.58. The van der Waals surface area contributed by atoms with E-state index < -0.39 is 21.2 Å². The molecular formula is C13H19N3O4S. The third kappa shape index (κ3) is 4.16. The topological polar surface area (TPSA) is 122 Å². The molecule has 0 radical (unpaired) electrons. The summed E-state index contributed by atoms with van der Waals surface area (Å²) >= 11 is 0. The van der Waals surface area contributed by atoms with Crippen LogP contribution < -0.4 is 16.0 Å². The third-order valence-electron chi connectivity index (χ3n) is 3.59. The molecule has 116 valence electrons. The second-order valence-corrected chi connectivity index (χ2v) is 7.15. The minimum Gasteiger partial charge on any atom is -0.508 e. The smallest absolute Gasteiger partial charge is 0.266 e. The lowest BCUT2D eigenvalue weighted by Crippen LogP contribution is -2.47. The Morgan fingerprint density at radius 1 is 1.14 bits per heavy atom. The van der Waals surface area contributed by atoms with Gasteiger partial charge >= 0.3 is 0 Å². The zero-order chi connectivity index (χ0) is 15.5. The highest BCUT2D eigenvalue weighted by molar-refractivity contribution is 7.90. The molecule has 5 N–H and O–H groups in total. The standard InChI is InChI=1S/C13H19N3O4S/c14-10-3-7-12(8-4-10)21(19,20)16-15-13(18)9-1-5-11(17)6-2-9/h1-2,5-6,10,12,16-17H,3-4,7-8,14H2,(H,15,18). The fraction of sp³-hybridized carbons (Fsp3) is 0.462. The van der Waals surface area contributed by atoms with E-state index in [9.17, 15) is 13.2 Å². The van der Waals surface area contributed by atoms with E-state index in [0.29, 0.717) is 25.7 Å². The molecule has 8 heteroatoms. The lowest BCUT2D eigenvalue weighted by atomic mass is 9.96. The van der Waals surface area contributed by atoms with Gasteiger partial charge in [-0.25, -0.2) is 8.42 Å². The predicted molar refractivity (Wildman–Crippen MR) is 77.9 cm³/mol. The Bertz CT molecular complexity index is 592.